The number of fused-ring (bicyclic) bond motifs is 5. The minimum absolute atomic E-state index is 0.124. The van der Waals surface area contributed by atoms with Crippen LogP contribution in [-0.4, -0.2) is 15.9 Å². The summed E-state index contributed by atoms with van der Waals surface area (Å²) in [5.74, 6) is 0.847. The molecule has 25 heavy (non-hydrogen) atoms. The topological polar surface area (TPSA) is 30.9 Å². The molecule has 0 N–H and O–H groups in total. The summed E-state index contributed by atoms with van der Waals surface area (Å²) < 4.78 is 9.94. The third-order valence-corrected chi connectivity index (χ3v) is 5.63. The fourth-order valence-electron chi connectivity index (χ4n) is 3.78. The van der Waals surface area contributed by atoms with E-state index in [0.29, 0.717) is 27.4 Å². The molecule has 126 valence electrons. The van der Waals surface area contributed by atoms with Crippen molar-refractivity contribution in [1.29, 1.82) is 0 Å². The Hall–Kier alpha value is -1.59. The highest BCUT2D eigenvalue weighted by Gasteiger charge is 2.43. The van der Waals surface area contributed by atoms with Crippen LogP contribution in [0.5, 0.6) is 0 Å². The molecule has 2 atom stereocenters. The van der Waals surface area contributed by atoms with Crippen LogP contribution in [0.4, 0.5) is 0 Å². The first-order valence-corrected chi connectivity index (χ1v) is 9.09. The monoisotopic (exact) mass is 392 g/mol. The summed E-state index contributed by atoms with van der Waals surface area (Å²) in [6.07, 6.45) is 2.99. The number of nitrogens with zero attached hydrogens (tertiary/aromatic N) is 3. The molecular formula is C18H13Cl3N3O+. The SMILES string of the molecule is Clc1cc(Cl)c(-n2c[n+]3c(n2)CO[C@H]2Cc4ccccc4C23)c(Cl)c1. The van der Waals surface area contributed by atoms with E-state index in [1.54, 1.807) is 16.8 Å². The molecule has 2 aliphatic rings. The van der Waals surface area contributed by atoms with Crippen molar-refractivity contribution in [3.63, 3.8) is 0 Å². The van der Waals surface area contributed by atoms with Crippen LogP contribution >= 0.6 is 34.8 Å². The van der Waals surface area contributed by atoms with E-state index in [1.807, 2.05) is 6.33 Å². The van der Waals surface area contributed by atoms with Crippen LogP contribution < -0.4 is 4.57 Å². The minimum Gasteiger partial charge on any atom is -0.363 e. The molecule has 5 rings (SSSR count). The second-order valence-corrected chi connectivity index (χ2v) is 7.55. The second-order valence-electron chi connectivity index (χ2n) is 6.30. The van der Waals surface area contributed by atoms with Crippen LogP contribution in [0.3, 0.4) is 0 Å². The van der Waals surface area contributed by atoms with Gasteiger partial charge in [-0.05, 0) is 23.3 Å². The normalized spacial score (nSPS) is 20.9. The number of benzene rings is 2. The molecule has 1 aliphatic heterocycles. The van der Waals surface area contributed by atoms with E-state index in [9.17, 15) is 0 Å². The zero-order valence-corrected chi connectivity index (χ0v) is 15.3. The van der Waals surface area contributed by atoms with E-state index >= 15 is 0 Å². The fourth-order valence-corrected chi connectivity index (χ4v) is 4.77. The van der Waals surface area contributed by atoms with E-state index in [4.69, 9.17) is 39.5 Å². The second kappa shape index (κ2) is 5.71. The summed E-state index contributed by atoms with van der Waals surface area (Å²) in [5.41, 5.74) is 3.23. The van der Waals surface area contributed by atoms with E-state index < -0.39 is 0 Å². The maximum atomic E-state index is 6.36. The van der Waals surface area contributed by atoms with Crippen molar-refractivity contribution >= 4 is 34.8 Å². The molecule has 0 bridgehead atoms. The standard InChI is InChI=1S/C18H13Cl3N3O/c19-11-6-13(20)18(14(21)7-11)24-9-23-16(22-24)8-25-15-5-10-3-1-2-4-12(10)17(15)23/h1-4,6-7,9,15,17H,5,8H2/q+1/t15-,17?/m0/s1. The first kappa shape index (κ1) is 15.6. The van der Waals surface area contributed by atoms with Gasteiger partial charge in [-0.1, -0.05) is 63.8 Å². The summed E-state index contributed by atoms with van der Waals surface area (Å²) in [6, 6.07) is 11.9. The van der Waals surface area contributed by atoms with E-state index in [1.165, 1.54) is 11.1 Å². The Balaban J connectivity index is 1.65. The summed E-state index contributed by atoms with van der Waals surface area (Å²) >= 11 is 18.7. The third kappa shape index (κ3) is 2.40. The molecule has 0 spiro atoms. The summed E-state index contributed by atoms with van der Waals surface area (Å²) in [5, 5.41) is 6.07. The van der Waals surface area contributed by atoms with E-state index in [2.05, 4.69) is 33.9 Å². The van der Waals surface area contributed by atoms with Crippen molar-refractivity contribution < 1.29 is 9.30 Å². The molecule has 1 aromatic heterocycles. The number of rotatable bonds is 1. The molecular weight excluding hydrogens is 381 g/mol. The number of hydrogen-bond acceptors (Lipinski definition) is 2. The third-order valence-electron chi connectivity index (χ3n) is 4.84. The molecule has 1 aliphatic carbocycles. The Kier molecular flexibility index (Phi) is 3.57. The molecule has 2 heterocycles. The maximum Gasteiger partial charge on any atom is 0.304 e. The lowest BCUT2D eigenvalue weighted by molar-refractivity contribution is -0.739. The zero-order chi connectivity index (χ0) is 17.1. The first-order chi connectivity index (χ1) is 12.1. The van der Waals surface area contributed by atoms with Crippen LogP contribution in [0.25, 0.3) is 5.69 Å². The van der Waals surface area contributed by atoms with Crippen molar-refractivity contribution in [2.45, 2.75) is 25.2 Å². The van der Waals surface area contributed by atoms with Crippen LogP contribution in [0.2, 0.25) is 15.1 Å². The Morgan fingerprint density at radius 1 is 1.12 bits per heavy atom. The van der Waals surface area contributed by atoms with Gasteiger partial charge in [-0.25, -0.2) is 4.57 Å². The van der Waals surface area contributed by atoms with Gasteiger partial charge >= 0.3 is 5.82 Å². The Labute approximate surface area is 159 Å². The average molecular weight is 394 g/mol. The number of ether oxygens (including phenoxy) is 1. The molecule has 4 nitrogen and oxygen atoms in total. The van der Waals surface area contributed by atoms with Crippen LogP contribution in [0.1, 0.15) is 23.0 Å². The number of halogens is 3. The molecule has 1 unspecified atom stereocenters. The van der Waals surface area contributed by atoms with Gasteiger partial charge in [0, 0.05) is 16.5 Å². The zero-order valence-electron chi connectivity index (χ0n) is 13.0. The van der Waals surface area contributed by atoms with Crippen LogP contribution in [0, 0.1) is 0 Å². The fraction of sp³-hybridized carbons (Fsp3) is 0.222. The predicted octanol–water partition coefficient (Wildman–Crippen LogP) is 4.16. The van der Waals surface area contributed by atoms with E-state index in [-0.39, 0.29) is 12.1 Å². The van der Waals surface area contributed by atoms with Crippen LogP contribution in [0.15, 0.2) is 42.7 Å². The van der Waals surface area contributed by atoms with Gasteiger partial charge in [-0.2, -0.15) is 0 Å². The smallest absolute Gasteiger partial charge is 0.304 e. The highest BCUT2D eigenvalue weighted by atomic mass is 35.5. The summed E-state index contributed by atoms with van der Waals surface area (Å²) in [4.78, 5) is 0. The average Bonchev–Trinajstić information content (AvgIpc) is 3.13. The van der Waals surface area contributed by atoms with Gasteiger partial charge < -0.3 is 4.74 Å². The van der Waals surface area contributed by atoms with Gasteiger partial charge in [0.05, 0.1) is 10.0 Å². The Morgan fingerprint density at radius 2 is 1.88 bits per heavy atom. The van der Waals surface area contributed by atoms with Gasteiger partial charge in [0.2, 0.25) is 6.33 Å². The molecule has 0 saturated carbocycles. The highest BCUT2D eigenvalue weighted by Crippen LogP contribution is 2.36. The van der Waals surface area contributed by atoms with Crippen molar-refractivity contribution in [2.75, 3.05) is 0 Å². The maximum absolute atomic E-state index is 6.36. The highest BCUT2D eigenvalue weighted by molar-refractivity contribution is 6.40. The van der Waals surface area contributed by atoms with Crippen molar-refractivity contribution in [1.82, 2.24) is 9.78 Å². The minimum atomic E-state index is 0.124. The number of aromatic nitrogens is 3. The molecule has 3 aromatic rings. The van der Waals surface area contributed by atoms with Gasteiger partial charge in [0.25, 0.3) is 0 Å². The lowest BCUT2D eigenvalue weighted by Gasteiger charge is -2.23. The molecule has 2 aromatic carbocycles. The van der Waals surface area contributed by atoms with E-state index in [0.717, 1.165) is 12.2 Å². The Bertz CT molecular complexity index is 978. The summed E-state index contributed by atoms with van der Waals surface area (Å²) in [7, 11) is 0. The van der Waals surface area contributed by atoms with Crippen molar-refractivity contribution in [3.05, 3.63) is 74.7 Å². The molecule has 0 saturated heterocycles. The van der Waals surface area contributed by atoms with Crippen molar-refractivity contribution in [3.8, 4) is 5.69 Å². The Morgan fingerprint density at radius 3 is 2.68 bits per heavy atom. The predicted molar refractivity (Wildman–Crippen MR) is 95.7 cm³/mol. The largest absolute Gasteiger partial charge is 0.363 e. The van der Waals surface area contributed by atoms with Gasteiger partial charge in [0.1, 0.15) is 18.8 Å². The lowest BCUT2D eigenvalue weighted by atomic mass is 10.1. The molecule has 7 heteroatoms. The molecule has 0 fully saturated rings. The molecule has 0 radical (unpaired) electrons. The van der Waals surface area contributed by atoms with Crippen LogP contribution in [-0.2, 0) is 17.8 Å². The van der Waals surface area contributed by atoms with Gasteiger partial charge in [-0.15, -0.1) is 0 Å². The number of hydrogen-bond donors (Lipinski definition) is 0. The summed E-state index contributed by atoms with van der Waals surface area (Å²) in [6.45, 7) is 0.463. The lowest BCUT2D eigenvalue weighted by Crippen LogP contribution is -2.51. The quantitative estimate of drug-likeness (QED) is 0.581. The molecule has 0 amide bonds. The van der Waals surface area contributed by atoms with Gasteiger partial charge in [-0.3, -0.25) is 0 Å². The van der Waals surface area contributed by atoms with Gasteiger partial charge in [0.15, 0.2) is 5.69 Å². The first-order valence-electron chi connectivity index (χ1n) is 7.96. The van der Waals surface area contributed by atoms with Crippen molar-refractivity contribution in [2.24, 2.45) is 0 Å².